The summed E-state index contributed by atoms with van der Waals surface area (Å²) in [5.74, 6) is 1.47. The maximum absolute atomic E-state index is 11.3. The van der Waals surface area contributed by atoms with Crippen molar-refractivity contribution in [2.24, 2.45) is 0 Å². The van der Waals surface area contributed by atoms with E-state index < -0.39 is 6.09 Å². The number of nitrogen functional groups attached to an aromatic ring is 1. The smallest absolute Gasteiger partial charge is 0.407 e. The van der Waals surface area contributed by atoms with Gasteiger partial charge in [0.05, 0.1) is 11.8 Å². The number of hydrogen-bond acceptors (Lipinski definition) is 5. The van der Waals surface area contributed by atoms with Crippen LogP contribution in [0.1, 0.15) is 26.7 Å². The molecule has 0 saturated carbocycles. The molecule has 0 fully saturated rings. The van der Waals surface area contributed by atoms with Gasteiger partial charge in [-0.25, -0.2) is 14.8 Å². The third-order valence-electron chi connectivity index (χ3n) is 4.19. The van der Waals surface area contributed by atoms with Crippen LogP contribution >= 0.6 is 0 Å². The summed E-state index contributed by atoms with van der Waals surface area (Å²) < 4.78 is 2.02. The second kappa shape index (κ2) is 7.55. The summed E-state index contributed by atoms with van der Waals surface area (Å²) in [7, 11) is 0. The van der Waals surface area contributed by atoms with Crippen molar-refractivity contribution in [3.05, 3.63) is 30.6 Å². The van der Waals surface area contributed by atoms with E-state index in [0.717, 1.165) is 35.3 Å². The van der Waals surface area contributed by atoms with Crippen LogP contribution in [0.3, 0.4) is 0 Å². The van der Waals surface area contributed by atoms with Gasteiger partial charge in [-0.3, -0.25) is 4.98 Å². The lowest BCUT2D eigenvalue weighted by atomic mass is 10.2. The molecule has 3 aromatic rings. The Hall–Kier alpha value is -2.90. The maximum atomic E-state index is 11.3. The normalized spacial score (nSPS) is 11.5. The van der Waals surface area contributed by atoms with E-state index in [1.54, 1.807) is 12.5 Å². The number of unbranched alkanes of at least 4 members (excludes halogenated alkanes) is 1. The number of aryl methyl sites for hydroxylation is 1. The largest absolute Gasteiger partial charge is 0.465 e. The van der Waals surface area contributed by atoms with Crippen LogP contribution in [0.4, 0.5) is 10.6 Å². The van der Waals surface area contributed by atoms with Crippen molar-refractivity contribution in [1.82, 2.24) is 24.4 Å². The number of fused-ring (bicyclic) bond motifs is 3. The molecule has 0 saturated heterocycles. The quantitative estimate of drug-likeness (QED) is 0.631. The average Bonchev–Trinajstić information content (AvgIpc) is 3.02. The number of anilines is 1. The van der Waals surface area contributed by atoms with Crippen LogP contribution < -0.4 is 5.73 Å². The molecular formula is C18H23N6O2. The zero-order valence-corrected chi connectivity index (χ0v) is 15.0. The second-order valence-corrected chi connectivity index (χ2v) is 6.62. The molecule has 3 rings (SSSR count). The van der Waals surface area contributed by atoms with Gasteiger partial charge in [-0.1, -0.05) is 13.8 Å². The van der Waals surface area contributed by atoms with Gasteiger partial charge in [0.1, 0.15) is 16.6 Å². The van der Waals surface area contributed by atoms with Crippen molar-refractivity contribution >= 4 is 34.0 Å². The highest BCUT2D eigenvalue weighted by atomic mass is 16.4. The number of rotatable bonds is 7. The number of pyridine rings is 2. The first kappa shape index (κ1) is 17.9. The van der Waals surface area contributed by atoms with Gasteiger partial charge in [0.2, 0.25) is 0 Å². The van der Waals surface area contributed by atoms with E-state index in [2.05, 4.69) is 15.0 Å². The van der Waals surface area contributed by atoms with Gasteiger partial charge >= 0.3 is 6.09 Å². The molecule has 1 amide bonds. The second-order valence-electron chi connectivity index (χ2n) is 6.62. The first-order valence-corrected chi connectivity index (χ1v) is 8.59. The van der Waals surface area contributed by atoms with E-state index in [0.29, 0.717) is 31.0 Å². The van der Waals surface area contributed by atoms with Gasteiger partial charge in [-0.15, -0.1) is 0 Å². The van der Waals surface area contributed by atoms with Crippen LogP contribution in [-0.4, -0.2) is 48.7 Å². The fourth-order valence-electron chi connectivity index (χ4n) is 3.05. The Labute approximate surface area is 151 Å². The van der Waals surface area contributed by atoms with Gasteiger partial charge in [0, 0.05) is 25.8 Å². The van der Waals surface area contributed by atoms with Gasteiger partial charge in [-0.2, -0.15) is 0 Å². The third-order valence-corrected chi connectivity index (χ3v) is 4.19. The molecule has 26 heavy (non-hydrogen) atoms. The minimum atomic E-state index is -0.881. The van der Waals surface area contributed by atoms with Gasteiger partial charge < -0.3 is 20.3 Å². The monoisotopic (exact) mass is 355 g/mol. The van der Waals surface area contributed by atoms with Crippen molar-refractivity contribution in [3.8, 4) is 0 Å². The van der Waals surface area contributed by atoms with E-state index in [1.807, 2.05) is 30.5 Å². The molecular weight excluding hydrogens is 332 g/mol. The number of hydrogen-bond donors (Lipinski definition) is 2. The summed E-state index contributed by atoms with van der Waals surface area (Å²) >= 11 is 0. The SMILES string of the molecule is C[C](C)CN(CCCCn1cnc2c(N)nc3cccnc3c21)C(=O)O. The summed E-state index contributed by atoms with van der Waals surface area (Å²) in [5, 5.41) is 9.26. The lowest BCUT2D eigenvalue weighted by Gasteiger charge is -2.20. The highest BCUT2D eigenvalue weighted by molar-refractivity contribution is 6.03. The molecule has 0 aliphatic heterocycles. The highest BCUT2D eigenvalue weighted by Crippen LogP contribution is 2.25. The molecule has 0 aromatic carbocycles. The van der Waals surface area contributed by atoms with Crippen LogP contribution in [0.15, 0.2) is 24.7 Å². The van der Waals surface area contributed by atoms with Crippen LogP contribution in [0, 0.1) is 5.92 Å². The Morgan fingerprint density at radius 3 is 2.81 bits per heavy atom. The molecule has 3 aromatic heterocycles. The van der Waals surface area contributed by atoms with Crippen LogP contribution in [0.2, 0.25) is 0 Å². The zero-order chi connectivity index (χ0) is 18.7. The highest BCUT2D eigenvalue weighted by Gasteiger charge is 2.15. The fourth-order valence-corrected chi connectivity index (χ4v) is 3.05. The Morgan fingerprint density at radius 2 is 2.08 bits per heavy atom. The Balaban J connectivity index is 1.73. The molecule has 1 radical (unpaired) electrons. The zero-order valence-electron chi connectivity index (χ0n) is 15.0. The third kappa shape index (κ3) is 3.68. The standard InChI is InChI=1S/C18H23N6O2/c1-12(2)10-23(18(25)26)8-3-4-9-24-11-21-15-16(24)14-13(22-17(15)19)6-5-7-20-14/h5-7,11H,3-4,8-10H2,1-2H3,(H2,19,22)(H,25,26). The van der Waals surface area contributed by atoms with Gasteiger partial charge in [0.15, 0.2) is 5.82 Å². The molecule has 0 bridgehead atoms. The molecule has 0 aliphatic rings. The Kier molecular flexibility index (Phi) is 5.20. The van der Waals surface area contributed by atoms with Crippen molar-refractivity contribution < 1.29 is 9.90 Å². The molecule has 8 nitrogen and oxygen atoms in total. The molecule has 0 aliphatic carbocycles. The number of amides is 1. The summed E-state index contributed by atoms with van der Waals surface area (Å²) in [6.45, 7) is 5.57. The molecule has 0 unspecified atom stereocenters. The van der Waals surface area contributed by atoms with Gasteiger partial charge in [-0.05, 0) is 30.9 Å². The average molecular weight is 355 g/mol. The van der Waals surface area contributed by atoms with Crippen molar-refractivity contribution in [3.63, 3.8) is 0 Å². The Morgan fingerprint density at radius 1 is 1.27 bits per heavy atom. The summed E-state index contributed by atoms with van der Waals surface area (Å²) in [6, 6.07) is 3.71. The van der Waals surface area contributed by atoms with Crippen LogP contribution in [0.25, 0.3) is 22.1 Å². The fraction of sp³-hybridized carbons (Fsp3) is 0.389. The predicted octanol–water partition coefficient (Wildman–Crippen LogP) is 2.94. The lowest BCUT2D eigenvalue weighted by Crippen LogP contribution is -2.33. The van der Waals surface area contributed by atoms with Crippen molar-refractivity contribution in [2.45, 2.75) is 33.2 Å². The van der Waals surface area contributed by atoms with Crippen molar-refractivity contribution in [2.75, 3.05) is 18.8 Å². The minimum absolute atomic E-state index is 0.394. The van der Waals surface area contributed by atoms with E-state index in [9.17, 15) is 9.90 Å². The van der Waals surface area contributed by atoms with Crippen LogP contribution in [-0.2, 0) is 6.54 Å². The van der Waals surface area contributed by atoms with Crippen molar-refractivity contribution in [1.29, 1.82) is 0 Å². The van der Waals surface area contributed by atoms with E-state index >= 15 is 0 Å². The maximum Gasteiger partial charge on any atom is 0.407 e. The first-order valence-electron chi connectivity index (χ1n) is 8.59. The minimum Gasteiger partial charge on any atom is -0.465 e. The molecule has 8 heteroatoms. The number of imidazole rings is 1. The molecule has 0 atom stereocenters. The number of carboxylic acid groups (broad SMARTS) is 1. The predicted molar refractivity (Wildman–Crippen MR) is 101 cm³/mol. The van der Waals surface area contributed by atoms with Gasteiger partial charge in [0.25, 0.3) is 0 Å². The number of aromatic nitrogens is 4. The van der Waals surface area contributed by atoms with E-state index in [4.69, 9.17) is 5.73 Å². The number of nitrogens with two attached hydrogens (primary N) is 1. The topological polar surface area (TPSA) is 110 Å². The lowest BCUT2D eigenvalue weighted by molar-refractivity contribution is 0.146. The molecule has 137 valence electrons. The summed E-state index contributed by atoms with van der Waals surface area (Å²) in [4.78, 5) is 25.9. The Bertz CT molecular complexity index is 921. The summed E-state index contributed by atoms with van der Waals surface area (Å²) in [5.41, 5.74) is 9.07. The molecule has 3 heterocycles. The number of nitrogens with zero attached hydrogens (tertiary/aromatic N) is 5. The molecule has 0 spiro atoms. The molecule has 3 N–H and O–H groups in total. The number of carbonyl (C=O) groups is 1. The van der Waals surface area contributed by atoms with Crippen LogP contribution in [0.5, 0.6) is 0 Å². The summed E-state index contributed by atoms with van der Waals surface area (Å²) in [6.07, 6.45) is 4.19. The van der Waals surface area contributed by atoms with E-state index in [1.165, 1.54) is 4.90 Å². The van der Waals surface area contributed by atoms with E-state index in [-0.39, 0.29) is 0 Å². The first-order chi connectivity index (χ1) is 12.5.